The maximum absolute atomic E-state index is 13.1. The van der Waals surface area contributed by atoms with Crippen molar-refractivity contribution in [3.63, 3.8) is 0 Å². The van der Waals surface area contributed by atoms with Crippen LogP contribution in [0.5, 0.6) is 0 Å². The second-order valence-electron chi connectivity index (χ2n) is 9.45. The third kappa shape index (κ3) is 6.77. The molecule has 0 bridgehead atoms. The number of amides is 1. The van der Waals surface area contributed by atoms with Crippen LogP contribution in [0.1, 0.15) is 29.9 Å². The Morgan fingerprint density at radius 1 is 1.13 bits per heavy atom. The lowest BCUT2D eigenvalue weighted by Crippen LogP contribution is -2.40. The van der Waals surface area contributed by atoms with E-state index in [2.05, 4.69) is 56.8 Å². The summed E-state index contributed by atoms with van der Waals surface area (Å²) >= 11 is 14.1. The Labute approximate surface area is 236 Å². The molecule has 38 heavy (non-hydrogen) atoms. The van der Waals surface area contributed by atoms with Gasteiger partial charge in [0.2, 0.25) is 17.6 Å². The average molecular weight is 568 g/mol. The third-order valence-electron chi connectivity index (χ3n) is 6.57. The fourth-order valence-electron chi connectivity index (χ4n) is 4.58. The van der Waals surface area contributed by atoms with Crippen LogP contribution >= 0.6 is 35.0 Å². The Kier molecular flexibility index (Phi) is 8.69. The van der Waals surface area contributed by atoms with Crippen molar-refractivity contribution in [3.05, 3.63) is 93.8 Å². The van der Waals surface area contributed by atoms with Gasteiger partial charge in [-0.2, -0.15) is 4.98 Å². The Morgan fingerprint density at radius 2 is 1.97 bits per heavy atom. The normalized spacial score (nSPS) is 15.9. The number of aromatic nitrogens is 2. The highest BCUT2D eigenvalue weighted by atomic mass is 35.5. The molecule has 0 saturated carbocycles. The quantitative estimate of drug-likeness (QED) is 0.223. The van der Waals surface area contributed by atoms with E-state index in [4.69, 9.17) is 27.7 Å². The molecular formula is C29H28Cl2N4O2S. The number of piperidine rings is 1. The molecule has 0 radical (unpaired) electrons. The number of likely N-dealkylation sites (tertiary alicyclic amines) is 1. The Bertz CT molecular complexity index is 1410. The smallest absolute Gasteiger partial charge is 0.241 e. The Hall–Kier alpha value is -2.84. The van der Waals surface area contributed by atoms with Crippen LogP contribution in [0.2, 0.25) is 10.0 Å². The number of aryl methyl sites for hydroxylation is 1. The molecule has 196 valence electrons. The first kappa shape index (κ1) is 26.8. The number of benzene rings is 3. The summed E-state index contributed by atoms with van der Waals surface area (Å²) in [5, 5.41) is 8.25. The van der Waals surface area contributed by atoms with E-state index in [0.29, 0.717) is 40.4 Å². The zero-order valence-electron chi connectivity index (χ0n) is 21.0. The zero-order chi connectivity index (χ0) is 26.5. The van der Waals surface area contributed by atoms with Gasteiger partial charge in [-0.25, -0.2) is 0 Å². The van der Waals surface area contributed by atoms with Gasteiger partial charge in [0, 0.05) is 33.5 Å². The van der Waals surface area contributed by atoms with Crippen molar-refractivity contribution in [1.29, 1.82) is 0 Å². The van der Waals surface area contributed by atoms with Gasteiger partial charge in [0.25, 0.3) is 0 Å². The number of carbonyl (C=O) groups is 1. The van der Waals surface area contributed by atoms with E-state index in [1.54, 1.807) is 30.0 Å². The first-order chi connectivity index (χ1) is 18.4. The second kappa shape index (κ2) is 12.3. The summed E-state index contributed by atoms with van der Waals surface area (Å²) in [5.41, 5.74) is 3.83. The molecule has 2 heterocycles. The molecule has 1 N–H and O–H groups in total. The van der Waals surface area contributed by atoms with Crippen molar-refractivity contribution in [2.75, 3.05) is 18.4 Å². The summed E-state index contributed by atoms with van der Waals surface area (Å²) in [7, 11) is 0. The SMILES string of the molecule is Cc1cc(CSc2ccccc2)ccc1NC(=O)C1CCCN(Cc2nc(-c3ccc(Cl)cc3Cl)no2)C1. The zero-order valence-corrected chi connectivity index (χ0v) is 23.3. The van der Waals surface area contributed by atoms with Crippen molar-refractivity contribution >= 4 is 46.6 Å². The molecule has 1 atom stereocenters. The van der Waals surface area contributed by atoms with Crippen LogP contribution in [0, 0.1) is 12.8 Å². The standard InChI is InChI=1S/C29H28Cl2N4O2S/c1-19-14-20(18-38-23-7-3-2-4-8-23)9-12-26(19)32-29(36)21-6-5-13-35(16-21)17-27-33-28(34-37-27)24-11-10-22(30)15-25(24)31/h2-4,7-12,14-15,21H,5-6,13,16-18H2,1H3,(H,32,36). The van der Waals surface area contributed by atoms with E-state index in [9.17, 15) is 4.79 Å². The van der Waals surface area contributed by atoms with Gasteiger partial charge in [0.05, 0.1) is 17.5 Å². The topological polar surface area (TPSA) is 71.3 Å². The first-order valence-electron chi connectivity index (χ1n) is 12.5. The van der Waals surface area contributed by atoms with Crippen LogP contribution in [0.15, 0.2) is 76.1 Å². The lowest BCUT2D eigenvalue weighted by Gasteiger charge is -2.31. The van der Waals surface area contributed by atoms with Crippen molar-refractivity contribution in [1.82, 2.24) is 15.0 Å². The molecule has 0 spiro atoms. The molecule has 9 heteroatoms. The Balaban J connectivity index is 1.16. The molecule has 5 rings (SSSR count). The molecule has 1 aliphatic heterocycles. The third-order valence-corrected chi connectivity index (χ3v) is 8.20. The largest absolute Gasteiger partial charge is 0.338 e. The summed E-state index contributed by atoms with van der Waals surface area (Å²) in [4.78, 5) is 21.1. The average Bonchev–Trinajstić information content (AvgIpc) is 3.37. The summed E-state index contributed by atoms with van der Waals surface area (Å²) < 4.78 is 5.48. The molecule has 1 unspecified atom stereocenters. The lowest BCUT2D eigenvalue weighted by atomic mass is 9.96. The van der Waals surface area contributed by atoms with E-state index in [0.717, 1.165) is 36.4 Å². The minimum Gasteiger partial charge on any atom is -0.338 e. The van der Waals surface area contributed by atoms with Crippen LogP contribution in [-0.4, -0.2) is 34.0 Å². The maximum Gasteiger partial charge on any atom is 0.241 e. The number of hydrogen-bond donors (Lipinski definition) is 1. The minimum absolute atomic E-state index is 0.0448. The van der Waals surface area contributed by atoms with Gasteiger partial charge in [-0.1, -0.05) is 58.7 Å². The molecule has 1 aliphatic rings. The van der Waals surface area contributed by atoms with Crippen molar-refractivity contribution in [2.45, 2.75) is 37.0 Å². The van der Waals surface area contributed by atoms with E-state index in [1.165, 1.54) is 10.5 Å². The van der Waals surface area contributed by atoms with Crippen molar-refractivity contribution < 1.29 is 9.32 Å². The van der Waals surface area contributed by atoms with Gasteiger partial charge >= 0.3 is 0 Å². The van der Waals surface area contributed by atoms with Gasteiger partial charge < -0.3 is 9.84 Å². The summed E-state index contributed by atoms with van der Waals surface area (Å²) in [6.07, 6.45) is 1.78. The summed E-state index contributed by atoms with van der Waals surface area (Å²) in [6, 6.07) is 21.8. The number of carbonyl (C=O) groups excluding carboxylic acids is 1. The van der Waals surface area contributed by atoms with E-state index in [-0.39, 0.29) is 11.8 Å². The number of nitrogens with one attached hydrogen (secondary N) is 1. The highest BCUT2D eigenvalue weighted by Crippen LogP contribution is 2.29. The highest BCUT2D eigenvalue weighted by molar-refractivity contribution is 7.98. The van der Waals surface area contributed by atoms with E-state index in [1.807, 2.05) is 19.1 Å². The van der Waals surface area contributed by atoms with E-state index < -0.39 is 0 Å². The van der Waals surface area contributed by atoms with Crippen LogP contribution in [-0.2, 0) is 17.1 Å². The summed E-state index contributed by atoms with van der Waals surface area (Å²) in [5.74, 6) is 1.74. The molecule has 1 amide bonds. The first-order valence-corrected chi connectivity index (χ1v) is 14.3. The number of anilines is 1. The minimum atomic E-state index is -0.107. The molecule has 1 aromatic heterocycles. The monoisotopic (exact) mass is 566 g/mol. The molecular weight excluding hydrogens is 539 g/mol. The van der Waals surface area contributed by atoms with Gasteiger partial charge in [0.15, 0.2) is 0 Å². The molecule has 0 aliphatic carbocycles. The number of nitrogens with zero attached hydrogens (tertiary/aromatic N) is 3. The molecule has 6 nitrogen and oxygen atoms in total. The fraction of sp³-hybridized carbons (Fsp3) is 0.276. The van der Waals surface area contributed by atoms with Crippen LogP contribution in [0.25, 0.3) is 11.4 Å². The molecule has 1 fully saturated rings. The lowest BCUT2D eigenvalue weighted by molar-refractivity contribution is -0.121. The number of rotatable bonds is 8. The van der Waals surface area contributed by atoms with Gasteiger partial charge in [-0.3, -0.25) is 9.69 Å². The number of hydrogen-bond acceptors (Lipinski definition) is 6. The molecule has 3 aromatic carbocycles. The number of thioether (sulfide) groups is 1. The van der Waals surface area contributed by atoms with Gasteiger partial charge in [-0.05, 0) is 73.8 Å². The van der Waals surface area contributed by atoms with Gasteiger partial charge in [-0.15, -0.1) is 11.8 Å². The van der Waals surface area contributed by atoms with Gasteiger partial charge in [0.1, 0.15) is 0 Å². The van der Waals surface area contributed by atoms with E-state index >= 15 is 0 Å². The molecule has 1 saturated heterocycles. The van der Waals surface area contributed by atoms with Crippen LogP contribution in [0.3, 0.4) is 0 Å². The molecule has 4 aromatic rings. The Morgan fingerprint density at radius 3 is 2.76 bits per heavy atom. The fourth-order valence-corrected chi connectivity index (χ4v) is 5.93. The second-order valence-corrected chi connectivity index (χ2v) is 11.3. The predicted octanol–water partition coefficient (Wildman–Crippen LogP) is 7.49. The van der Waals surface area contributed by atoms with Crippen molar-refractivity contribution in [3.8, 4) is 11.4 Å². The maximum atomic E-state index is 13.1. The van der Waals surface area contributed by atoms with Crippen molar-refractivity contribution in [2.24, 2.45) is 5.92 Å². The predicted molar refractivity (Wildman–Crippen MR) is 154 cm³/mol. The highest BCUT2D eigenvalue weighted by Gasteiger charge is 2.27. The number of halogens is 2. The van der Waals surface area contributed by atoms with Crippen LogP contribution < -0.4 is 5.32 Å². The van der Waals surface area contributed by atoms with Crippen LogP contribution in [0.4, 0.5) is 5.69 Å². The summed E-state index contributed by atoms with van der Waals surface area (Å²) in [6.45, 7) is 4.03.